The maximum Gasteiger partial charge on any atom is 0.228 e. The molecule has 0 radical (unpaired) electrons. The van der Waals surface area contributed by atoms with E-state index in [4.69, 9.17) is 11.6 Å². The lowest BCUT2D eigenvalue weighted by atomic mass is 10.2. The van der Waals surface area contributed by atoms with Crippen molar-refractivity contribution in [3.8, 4) is 0 Å². The number of anilines is 1. The van der Waals surface area contributed by atoms with Crippen LogP contribution in [0, 0.1) is 18.8 Å². The molecule has 0 spiro atoms. The van der Waals surface area contributed by atoms with Crippen LogP contribution in [0.4, 0.5) is 5.69 Å². The van der Waals surface area contributed by atoms with Gasteiger partial charge in [0.1, 0.15) is 0 Å². The van der Waals surface area contributed by atoms with Crippen molar-refractivity contribution >= 4 is 29.1 Å². The van der Waals surface area contributed by atoms with Crippen molar-refractivity contribution < 1.29 is 9.59 Å². The first kappa shape index (κ1) is 16.3. The van der Waals surface area contributed by atoms with Gasteiger partial charge < -0.3 is 10.2 Å². The highest BCUT2D eigenvalue weighted by Crippen LogP contribution is 2.41. The summed E-state index contributed by atoms with van der Waals surface area (Å²) in [6, 6.07) is 5.43. The Morgan fingerprint density at radius 1 is 1.13 bits per heavy atom. The van der Waals surface area contributed by atoms with E-state index in [1.54, 1.807) is 12.1 Å². The highest BCUT2D eigenvalue weighted by molar-refractivity contribution is 6.31. The highest BCUT2D eigenvalue weighted by atomic mass is 35.5. The molecule has 4 nitrogen and oxygen atoms in total. The number of amides is 2. The number of nitrogens with zero attached hydrogens (tertiary/aromatic N) is 1. The second-order valence-electron chi connectivity index (χ2n) is 6.64. The third-order valence-electron chi connectivity index (χ3n) is 4.82. The molecule has 2 atom stereocenters. The van der Waals surface area contributed by atoms with E-state index in [2.05, 4.69) is 5.32 Å². The smallest absolute Gasteiger partial charge is 0.228 e. The number of hydrogen-bond donors (Lipinski definition) is 1. The van der Waals surface area contributed by atoms with Gasteiger partial charge in [-0.2, -0.15) is 0 Å². The Morgan fingerprint density at radius 2 is 1.83 bits per heavy atom. The zero-order chi connectivity index (χ0) is 16.4. The van der Waals surface area contributed by atoms with Crippen molar-refractivity contribution in [1.82, 2.24) is 4.90 Å². The summed E-state index contributed by atoms with van der Waals surface area (Å²) in [5.41, 5.74) is 1.70. The van der Waals surface area contributed by atoms with Crippen molar-refractivity contribution in [3.05, 3.63) is 28.8 Å². The number of nitrogens with one attached hydrogen (secondary N) is 1. The minimum atomic E-state index is -0.191. The first-order valence-corrected chi connectivity index (χ1v) is 8.80. The van der Waals surface area contributed by atoms with Crippen LogP contribution in [-0.4, -0.2) is 29.8 Å². The third kappa shape index (κ3) is 3.86. The summed E-state index contributed by atoms with van der Waals surface area (Å²) >= 11 is 5.98. The quantitative estimate of drug-likeness (QED) is 0.917. The fourth-order valence-electron chi connectivity index (χ4n) is 3.24. The van der Waals surface area contributed by atoms with E-state index in [-0.39, 0.29) is 23.7 Å². The molecule has 23 heavy (non-hydrogen) atoms. The first-order chi connectivity index (χ1) is 11.1. The molecule has 1 saturated carbocycles. The Hall–Kier alpha value is -1.55. The van der Waals surface area contributed by atoms with E-state index in [0.717, 1.165) is 37.2 Å². The van der Waals surface area contributed by atoms with Gasteiger partial charge in [0.15, 0.2) is 0 Å². The van der Waals surface area contributed by atoms with Crippen LogP contribution in [0.25, 0.3) is 0 Å². The first-order valence-electron chi connectivity index (χ1n) is 8.42. The molecule has 1 saturated heterocycles. The van der Waals surface area contributed by atoms with Crippen molar-refractivity contribution in [2.75, 3.05) is 18.4 Å². The summed E-state index contributed by atoms with van der Waals surface area (Å²) in [5.74, 6) is -0.227. The summed E-state index contributed by atoms with van der Waals surface area (Å²) in [7, 11) is 0. The van der Waals surface area contributed by atoms with E-state index in [1.165, 1.54) is 12.8 Å². The monoisotopic (exact) mass is 334 g/mol. The molecular formula is C18H23ClN2O2. The van der Waals surface area contributed by atoms with Gasteiger partial charge in [0.25, 0.3) is 0 Å². The molecular weight excluding hydrogens is 312 g/mol. The predicted molar refractivity (Wildman–Crippen MR) is 91.5 cm³/mol. The number of rotatable bonds is 3. The number of halogens is 1. The topological polar surface area (TPSA) is 49.4 Å². The van der Waals surface area contributed by atoms with Crippen LogP contribution in [0.1, 0.15) is 37.7 Å². The Morgan fingerprint density at radius 3 is 2.52 bits per heavy atom. The van der Waals surface area contributed by atoms with Crippen LogP contribution in [0.15, 0.2) is 18.2 Å². The number of carbonyl (C=O) groups excluding carboxylic acids is 2. The van der Waals surface area contributed by atoms with Crippen LogP contribution >= 0.6 is 11.6 Å². The molecule has 2 unspecified atom stereocenters. The second kappa shape index (κ2) is 6.91. The zero-order valence-corrected chi connectivity index (χ0v) is 14.2. The summed E-state index contributed by atoms with van der Waals surface area (Å²) in [4.78, 5) is 26.9. The lowest BCUT2D eigenvalue weighted by Gasteiger charge is -2.20. The molecule has 1 aliphatic carbocycles. The summed E-state index contributed by atoms with van der Waals surface area (Å²) in [5, 5.41) is 3.52. The van der Waals surface area contributed by atoms with Crippen molar-refractivity contribution in [2.24, 2.45) is 11.8 Å². The summed E-state index contributed by atoms with van der Waals surface area (Å²) < 4.78 is 0. The minimum absolute atomic E-state index is 0.0662. The Bertz CT molecular complexity index is 609. The van der Waals surface area contributed by atoms with Crippen LogP contribution < -0.4 is 5.32 Å². The van der Waals surface area contributed by atoms with Crippen molar-refractivity contribution in [1.29, 1.82) is 0 Å². The Kier molecular flexibility index (Phi) is 4.90. The lowest BCUT2D eigenvalue weighted by molar-refractivity contribution is -0.134. The van der Waals surface area contributed by atoms with Gasteiger partial charge in [0.2, 0.25) is 11.8 Å². The number of likely N-dealkylation sites (tertiary alicyclic amines) is 1. The largest absolute Gasteiger partial charge is 0.342 e. The van der Waals surface area contributed by atoms with Gasteiger partial charge in [0.05, 0.1) is 11.8 Å². The van der Waals surface area contributed by atoms with Crippen LogP contribution in [0.5, 0.6) is 0 Å². The lowest BCUT2D eigenvalue weighted by Crippen LogP contribution is -2.34. The SMILES string of the molecule is Cc1ccc(Cl)cc1NC(=O)C1CC1C(=O)N1CCCCCC1. The second-order valence-corrected chi connectivity index (χ2v) is 7.07. The van der Waals surface area contributed by atoms with Gasteiger partial charge in [0, 0.05) is 23.8 Å². The number of benzene rings is 1. The fraction of sp³-hybridized carbons (Fsp3) is 0.556. The summed E-state index contributed by atoms with van der Waals surface area (Å²) in [6.45, 7) is 3.62. The number of aryl methyl sites for hydroxylation is 1. The standard InChI is InChI=1S/C18H23ClN2O2/c1-12-6-7-13(19)10-16(12)20-17(22)14-11-15(14)18(23)21-8-4-2-3-5-9-21/h6-7,10,14-15H,2-5,8-9,11H2,1H3,(H,20,22). The highest BCUT2D eigenvalue weighted by Gasteiger charge is 2.49. The maximum atomic E-state index is 12.5. The van der Waals surface area contributed by atoms with Crippen LogP contribution in [-0.2, 0) is 9.59 Å². The molecule has 1 aliphatic heterocycles. The normalized spacial score (nSPS) is 24.0. The Labute approximate surface area is 142 Å². The van der Waals surface area contributed by atoms with E-state index in [1.807, 2.05) is 17.9 Å². The average Bonchev–Trinajstić information content (AvgIpc) is 3.33. The molecule has 0 aromatic heterocycles. The maximum absolute atomic E-state index is 12.5. The number of hydrogen-bond acceptors (Lipinski definition) is 2. The molecule has 2 amide bonds. The van der Waals surface area contributed by atoms with Gasteiger partial charge in [-0.1, -0.05) is 30.5 Å². The molecule has 0 bridgehead atoms. The van der Waals surface area contributed by atoms with Gasteiger partial charge in [-0.25, -0.2) is 0 Å². The van der Waals surface area contributed by atoms with E-state index in [9.17, 15) is 9.59 Å². The van der Waals surface area contributed by atoms with E-state index < -0.39 is 0 Å². The average molecular weight is 335 g/mol. The molecule has 2 aliphatic rings. The minimum Gasteiger partial charge on any atom is -0.342 e. The van der Waals surface area contributed by atoms with Gasteiger partial charge in [-0.05, 0) is 43.9 Å². The Balaban J connectivity index is 1.58. The van der Waals surface area contributed by atoms with Gasteiger partial charge in [-0.3, -0.25) is 9.59 Å². The van der Waals surface area contributed by atoms with Crippen molar-refractivity contribution in [3.63, 3.8) is 0 Å². The molecule has 1 N–H and O–H groups in total. The van der Waals surface area contributed by atoms with E-state index >= 15 is 0 Å². The molecule has 5 heteroatoms. The molecule has 2 fully saturated rings. The molecule has 3 rings (SSSR count). The van der Waals surface area contributed by atoms with Gasteiger partial charge >= 0.3 is 0 Å². The van der Waals surface area contributed by atoms with Crippen LogP contribution in [0.3, 0.4) is 0 Å². The van der Waals surface area contributed by atoms with Crippen molar-refractivity contribution in [2.45, 2.75) is 39.0 Å². The van der Waals surface area contributed by atoms with Gasteiger partial charge in [-0.15, -0.1) is 0 Å². The molecule has 1 aromatic rings. The molecule has 1 aromatic carbocycles. The molecule has 124 valence electrons. The zero-order valence-electron chi connectivity index (χ0n) is 13.5. The third-order valence-corrected chi connectivity index (χ3v) is 5.05. The van der Waals surface area contributed by atoms with Crippen LogP contribution in [0.2, 0.25) is 5.02 Å². The summed E-state index contributed by atoms with van der Waals surface area (Å²) in [6.07, 6.45) is 5.23. The fourth-order valence-corrected chi connectivity index (χ4v) is 3.41. The number of carbonyl (C=O) groups is 2. The molecule has 1 heterocycles. The van der Waals surface area contributed by atoms with E-state index in [0.29, 0.717) is 11.4 Å². The predicted octanol–water partition coefficient (Wildman–Crippen LogP) is 3.63.